The number of piperidine rings is 1. The Bertz CT molecular complexity index is 1940. The number of allylic oxidation sites excluding steroid dienone is 1. The molecule has 2 aliphatic heterocycles. The highest BCUT2D eigenvalue weighted by atomic mass is 16.2. The summed E-state index contributed by atoms with van der Waals surface area (Å²) < 4.78 is 1.75. The molecule has 5 heterocycles. The zero-order valence-corrected chi connectivity index (χ0v) is 26.8. The number of aromatic nitrogens is 6. The molecule has 0 saturated carbocycles. The Morgan fingerprint density at radius 3 is 2.14 bits per heavy atom. The Morgan fingerprint density at radius 2 is 1.53 bits per heavy atom. The number of carbonyl (C=O) groups is 2. The van der Waals surface area contributed by atoms with Crippen molar-refractivity contribution in [2.45, 2.75) is 31.2 Å². The maximum atomic E-state index is 14.8. The molecule has 2 aromatic carbocycles. The van der Waals surface area contributed by atoms with Gasteiger partial charge in [0, 0.05) is 68.9 Å². The zero-order valence-electron chi connectivity index (χ0n) is 26.8. The predicted octanol–water partition coefficient (Wildman–Crippen LogP) is 3.92. The van der Waals surface area contributed by atoms with E-state index in [1.54, 1.807) is 58.6 Å². The molecule has 5 aromatic rings. The summed E-state index contributed by atoms with van der Waals surface area (Å²) in [5.74, 6) is 0.990. The van der Waals surface area contributed by atoms with E-state index >= 15 is 0 Å². The van der Waals surface area contributed by atoms with Gasteiger partial charge in [0.25, 0.3) is 5.91 Å². The van der Waals surface area contributed by atoms with Crippen LogP contribution in [0.3, 0.4) is 0 Å². The number of rotatable bonds is 10. The highest BCUT2D eigenvalue weighted by molar-refractivity contribution is 6.06. The van der Waals surface area contributed by atoms with Crippen molar-refractivity contribution in [3.8, 4) is 11.8 Å². The molecule has 3 aromatic heterocycles. The van der Waals surface area contributed by atoms with E-state index in [9.17, 15) is 14.9 Å². The van der Waals surface area contributed by atoms with Crippen LogP contribution < -0.4 is 10.2 Å². The lowest BCUT2D eigenvalue weighted by molar-refractivity contribution is -0.132. The van der Waals surface area contributed by atoms with Crippen LogP contribution in [0.25, 0.3) is 5.69 Å². The molecule has 0 atom stereocenters. The van der Waals surface area contributed by atoms with Crippen LogP contribution in [0.5, 0.6) is 0 Å². The van der Waals surface area contributed by atoms with Crippen molar-refractivity contribution in [1.29, 1.82) is 5.26 Å². The first-order valence-electron chi connectivity index (χ1n) is 16.2. The van der Waals surface area contributed by atoms with Gasteiger partial charge in [0.1, 0.15) is 11.4 Å². The number of nitriles is 1. The highest BCUT2D eigenvalue weighted by Crippen LogP contribution is 2.33. The standard InChI is InChI=1S/C37H34N10O2/c38-25-29-6-8-31(9-7-29)33(48)22-34-41-37(23-27-10-16-39-17-11-27,24-28-12-18-40-19-13-28)35(49)46(34)26-30-14-20-45(21-15-30)36-42-43-44-47(36)32-4-2-1-3-5-32/h1-13,16-19,22,30,41H,14-15,20-21,23-24,26H2/b34-22+. The minimum atomic E-state index is -1.04. The third-order valence-corrected chi connectivity index (χ3v) is 9.18. The van der Waals surface area contributed by atoms with Gasteiger partial charge in [0.2, 0.25) is 5.95 Å². The van der Waals surface area contributed by atoms with Gasteiger partial charge in [0.05, 0.1) is 17.3 Å². The van der Waals surface area contributed by atoms with Crippen LogP contribution in [0.15, 0.2) is 116 Å². The van der Waals surface area contributed by atoms with Gasteiger partial charge in [-0.25, -0.2) is 0 Å². The smallest absolute Gasteiger partial charge is 0.254 e. The lowest BCUT2D eigenvalue weighted by atomic mass is 9.84. The fourth-order valence-corrected chi connectivity index (χ4v) is 6.64. The number of pyridine rings is 2. The summed E-state index contributed by atoms with van der Waals surface area (Å²) in [7, 11) is 0. The van der Waals surface area contributed by atoms with Gasteiger partial charge in [-0.05, 0) is 101 Å². The highest BCUT2D eigenvalue weighted by Gasteiger charge is 2.49. The van der Waals surface area contributed by atoms with Crippen molar-refractivity contribution >= 4 is 17.6 Å². The molecule has 244 valence electrons. The van der Waals surface area contributed by atoms with Crippen LogP contribution >= 0.6 is 0 Å². The molecule has 1 N–H and O–H groups in total. The number of ketones is 1. The summed E-state index contributed by atoms with van der Waals surface area (Å²) in [6, 6.07) is 26.1. The van der Waals surface area contributed by atoms with Crippen molar-refractivity contribution in [2.24, 2.45) is 5.92 Å². The zero-order chi connectivity index (χ0) is 33.6. The van der Waals surface area contributed by atoms with Gasteiger partial charge >= 0.3 is 0 Å². The number of nitrogens with one attached hydrogen (secondary N) is 1. The van der Waals surface area contributed by atoms with Crippen LogP contribution in [0.4, 0.5) is 5.95 Å². The Balaban J connectivity index is 1.17. The van der Waals surface area contributed by atoms with Crippen LogP contribution in [-0.2, 0) is 17.6 Å². The summed E-state index contributed by atoms with van der Waals surface area (Å²) in [4.78, 5) is 40.7. The predicted molar refractivity (Wildman–Crippen MR) is 181 cm³/mol. The molecular formula is C37H34N10O2. The molecule has 2 saturated heterocycles. The molecule has 12 heteroatoms. The maximum Gasteiger partial charge on any atom is 0.254 e. The third kappa shape index (κ3) is 6.78. The quantitative estimate of drug-likeness (QED) is 0.174. The first-order chi connectivity index (χ1) is 24.0. The molecular weight excluding hydrogens is 616 g/mol. The van der Waals surface area contributed by atoms with E-state index in [1.807, 2.05) is 54.6 Å². The molecule has 7 rings (SSSR count). The third-order valence-electron chi connectivity index (χ3n) is 9.18. The summed E-state index contributed by atoms with van der Waals surface area (Å²) in [6.07, 6.45) is 10.8. The number of benzene rings is 2. The molecule has 49 heavy (non-hydrogen) atoms. The Morgan fingerprint density at radius 1 is 0.898 bits per heavy atom. The number of hydrogen-bond acceptors (Lipinski definition) is 10. The minimum Gasteiger partial charge on any atom is -0.357 e. The van der Waals surface area contributed by atoms with Crippen molar-refractivity contribution < 1.29 is 9.59 Å². The second kappa shape index (κ2) is 13.9. The monoisotopic (exact) mass is 650 g/mol. The first-order valence-corrected chi connectivity index (χ1v) is 16.2. The van der Waals surface area contributed by atoms with Crippen LogP contribution in [0.1, 0.15) is 39.9 Å². The van der Waals surface area contributed by atoms with Gasteiger partial charge < -0.3 is 10.2 Å². The number of carbonyl (C=O) groups excluding carboxylic acids is 2. The van der Waals surface area contributed by atoms with Crippen LogP contribution in [0, 0.1) is 17.2 Å². The Hall–Kier alpha value is -6.22. The molecule has 0 bridgehead atoms. The normalized spacial score (nSPS) is 16.8. The lowest BCUT2D eigenvalue weighted by Crippen LogP contribution is -2.51. The van der Waals surface area contributed by atoms with E-state index in [0.717, 1.165) is 42.7 Å². The molecule has 0 aliphatic carbocycles. The van der Waals surface area contributed by atoms with E-state index in [2.05, 4.69) is 41.8 Å². The first kappa shape index (κ1) is 31.4. The van der Waals surface area contributed by atoms with Crippen molar-refractivity contribution in [2.75, 3.05) is 24.5 Å². The van der Waals surface area contributed by atoms with Crippen LogP contribution in [0.2, 0.25) is 0 Å². The maximum absolute atomic E-state index is 14.8. The fraction of sp³-hybridized carbons (Fsp3) is 0.243. The molecule has 12 nitrogen and oxygen atoms in total. The average Bonchev–Trinajstić information content (AvgIpc) is 3.73. The number of anilines is 1. The molecule has 2 fully saturated rings. The van der Waals surface area contributed by atoms with E-state index in [-0.39, 0.29) is 17.6 Å². The second-order valence-corrected chi connectivity index (χ2v) is 12.4. The largest absolute Gasteiger partial charge is 0.357 e. The minimum absolute atomic E-state index is 0.0875. The number of tetrazole rings is 1. The second-order valence-electron chi connectivity index (χ2n) is 12.4. The topological polar surface area (TPSA) is 146 Å². The summed E-state index contributed by atoms with van der Waals surface area (Å²) in [6.45, 7) is 1.88. The molecule has 2 aliphatic rings. The van der Waals surface area contributed by atoms with Crippen molar-refractivity contribution in [3.05, 3.63) is 138 Å². The average molecular weight is 651 g/mol. The van der Waals surface area contributed by atoms with Crippen molar-refractivity contribution in [1.82, 2.24) is 40.4 Å². The van der Waals surface area contributed by atoms with E-state index < -0.39 is 5.54 Å². The van der Waals surface area contributed by atoms with Gasteiger partial charge in [0.15, 0.2) is 5.78 Å². The fourth-order valence-electron chi connectivity index (χ4n) is 6.64. The SMILES string of the molecule is N#Cc1ccc(C(=O)/C=C2\NC(Cc3ccncc3)(Cc3ccncc3)C(=O)N2CC2CCN(c3nnnn3-c3ccccc3)CC2)cc1. The summed E-state index contributed by atoms with van der Waals surface area (Å²) in [5, 5.41) is 25.3. The van der Waals surface area contributed by atoms with Gasteiger partial charge in [-0.1, -0.05) is 23.3 Å². The summed E-state index contributed by atoms with van der Waals surface area (Å²) in [5.41, 5.74) is 2.66. The van der Waals surface area contributed by atoms with E-state index in [4.69, 9.17) is 0 Å². The van der Waals surface area contributed by atoms with Crippen LogP contribution in [-0.4, -0.2) is 71.9 Å². The number of para-hydroxylation sites is 1. The number of hydrogen-bond donors (Lipinski definition) is 1. The van der Waals surface area contributed by atoms with E-state index in [0.29, 0.717) is 42.3 Å². The van der Waals surface area contributed by atoms with E-state index in [1.165, 1.54) is 6.08 Å². The Kier molecular flexibility index (Phi) is 8.88. The van der Waals surface area contributed by atoms with Gasteiger partial charge in [-0.15, -0.1) is 0 Å². The molecule has 0 unspecified atom stereocenters. The van der Waals surface area contributed by atoms with Crippen molar-refractivity contribution in [3.63, 3.8) is 0 Å². The number of nitrogens with zero attached hydrogens (tertiary/aromatic N) is 9. The Labute approximate surface area is 283 Å². The lowest BCUT2D eigenvalue weighted by Gasteiger charge is -2.34. The molecule has 0 radical (unpaired) electrons. The number of amides is 1. The summed E-state index contributed by atoms with van der Waals surface area (Å²) >= 11 is 0. The molecule has 1 amide bonds. The van der Waals surface area contributed by atoms with Gasteiger partial charge in [-0.2, -0.15) is 9.94 Å². The molecule has 0 spiro atoms. The van der Waals surface area contributed by atoms with Gasteiger partial charge in [-0.3, -0.25) is 24.5 Å².